The fourth-order valence-corrected chi connectivity index (χ4v) is 3.19. The summed E-state index contributed by atoms with van der Waals surface area (Å²) >= 11 is 0. The number of Topliss-reactive ketones (excluding diaryl/α,β-unsaturated/α-hetero) is 1. The van der Waals surface area contributed by atoms with Crippen LogP contribution in [0.1, 0.15) is 32.1 Å². The lowest BCUT2D eigenvalue weighted by atomic mass is 9.85. The zero-order valence-corrected chi connectivity index (χ0v) is 11.2. The van der Waals surface area contributed by atoms with Crippen molar-refractivity contribution in [3.05, 3.63) is 23.4 Å². The highest BCUT2D eigenvalue weighted by Gasteiger charge is 2.38. The van der Waals surface area contributed by atoms with Crippen molar-refractivity contribution in [1.82, 2.24) is 10.3 Å². The van der Waals surface area contributed by atoms with Gasteiger partial charge in [0.25, 0.3) is 5.91 Å². The molecule has 2 atom stereocenters. The molecular weight excluding hydrogens is 254 g/mol. The highest BCUT2D eigenvalue weighted by atomic mass is 16.2. The van der Waals surface area contributed by atoms with E-state index in [9.17, 15) is 9.59 Å². The van der Waals surface area contributed by atoms with Gasteiger partial charge in [-0.2, -0.15) is 5.10 Å². The summed E-state index contributed by atoms with van der Waals surface area (Å²) in [4.78, 5) is 24.0. The maximum absolute atomic E-state index is 12.2. The molecule has 4 aliphatic rings. The first kappa shape index (κ1) is 11.9. The van der Waals surface area contributed by atoms with Gasteiger partial charge in [0.2, 0.25) is 0 Å². The molecule has 2 fully saturated rings. The lowest BCUT2D eigenvalue weighted by Gasteiger charge is -2.23. The third-order valence-electron chi connectivity index (χ3n) is 4.43. The number of hydrogen-bond donors (Lipinski definition) is 1. The smallest absolute Gasteiger partial charge is 0.275 e. The minimum absolute atomic E-state index is 0.0106. The van der Waals surface area contributed by atoms with Gasteiger partial charge in [0.1, 0.15) is 5.78 Å². The molecule has 0 bridgehead atoms. The predicted molar refractivity (Wildman–Crippen MR) is 73.8 cm³/mol. The topological polar surface area (TPSA) is 61.8 Å². The molecule has 1 amide bonds. The number of allylic oxidation sites excluding steroid dienone is 1. The summed E-state index contributed by atoms with van der Waals surface area (Å²) in [5.41, 5.74) is 1.50. The van der Waals surface area contributed by atoms with Gasteiger partial charge in [-0.3, -0.25) is 9.59 Å². The molecule has 2 unspecified atom stereocenters. The van der Waals surface area contributed by atoms with Gasteiger partial charge in [0.15, 0.2) is 0 Å². The molecule has 0 aromatic heterocycles. The SMILES string of the molecule is O=C1CCCC2NC(/C=C3\C=NN(C4CC4)C3=O)=CC12. The molecule has 5 nitrogen and oxygen atoms in total. The molecule has 1 N–H and O–H groups in total. The van der Waals surface area contributed by atoms with Gasteiger partial charge in [-0.05, 0) is 37.8 Å². The number of hydrazone groups is 1. The van der Waals surface area contributed by atoms with Crippen molar-refractivity contribution in [3.8, 4) is 0 Å². The first-order valence-corrected chi connectivity index (χ1v) is 7.33. The van der Waals surface area contributed by atoms with E-state index in [0.717, 1.165) is 31.4 Å². The van der Waals surface area contributed by atoms with Gasteiger partial charge in [-0.1, -0.05) is 0 Å². The van der Waals surface area contributed by atoms with Gasteiger partial charge in [0, 0.05) is 18.2 Å². The zero-order chi connectivity index (χ0) is 13.7. The lowest BCUT2D eigenvalue weighted by molar-refractivity contribution is -0.126. The maximum atomic E-state index is 12.2. The van der Waals surface area contributed by atoms with Crippen molar-refractivity contribution >= 4 is 17.9 Å². The van der Waals surface area contributed by atoms with Crippen molar-refractivity contribution in [3.63, 3.8) is 0 Å². The second-order valence-electron chi connectivity index (χ2n) is 5.98. The molecule has 2 aliphatic heterocycles. The molecule has 0 radical (unpaired) electrons. The lowest BCUT2D eigenvalue weighted by Crippen LogP contribution is -2.36. The summed E-state index contributed by atoms with van der Waals surface area (Å²) in [6.07, 6.45) is 10.2. The van der Waals surface area contributed by atoms with E-state index in [1.165, 1.54) is 0 Å². The van der Waals surface area contributed by atoms with E-state index in [1.54, 1.807) is 11.2 Å². The van der Waals surface area contributed by atoms with E-state index in [4.69, 9.17) is 0 Å². The number of fused-ring (bicyclic) bond motifs is 1. The molecule has 104 valence electrons. The van der Waals surface area contributed by atoms with E-state index in [-0.39, 0.29) is 17.9 Å². The predicted octanol–water partition coefficient (Wildman–Crippen LogP) is 1.13. The van der Waals surface area contributed by atoms with Crippen LogP contribution in [0.3, 0.4) is 0 Å². The van der Waals surface area contributed by atoms with Crippen molar-refractivity contribution < 1.29 is 9.59 Å². The van der Waals surface area contributed by atoms with Crippen LogP contribution < -0.4 is 5.32 Å². The molecule has 2 saturated carbocycles. The summed E-state index contributed by atoms with van der Waals surface area (Å²) in [5.74, 6) is 0.285. The quantitative estimate of drug-likeness (QED) is 0.766. The molecule has 0 aromatic rings. The number of hydrogen-bond acceptors (Lipinski definition) is 4. The summed E-state index contributed by atoms with van der Waals surface area (Å²) in [6.45, 7) is 0. The van der Waals surface area contributed by atoms with Gasteiger partial charge in [-0.25, -0.2) is 5.01 Å². The summed E-state index contributed by atoms with van der Waals surface area (Å²) in [5, 5.41) is 9.12. The number of rotatable bonds is 2. The Morgan fingerprint density at radius 1 is 1.30 bits per heavy atom. The van der Waals surface area contributed by atoms with Crippen molar-refractivity contribution in [1.29, 1.82) is 0 Å². The number of nitrogens with zero attached hydrogens (tertiary/aromatic N) is 2. The Labute approximate surface area is 117 Å². The fraction of sp³-hybridized carbons (Fsp3) is 0.533. The molecule has 2 heterocycles. The van der Waals surface area contributed by atoms with Crippen LogP contribution >= 0.6 is 0 Å². The largest absolute Gasteiger partial charge is 0.381 e. The Balaban J connectivity index is 1.53. The summed E-state index contributed by atoms with van der Waals surface area (Å²) < 4.78 is 0. The third kappa shape index (κ3) is 1.88. The maximum Gasteiger partial charge on any atom is 0.275 e. The normalized spacial score (nSPS) is 34.5. The number of ketones is 1. The Bertz CT molecular complexity index is 572. The minimum atomic E-state index is -0.0172. The van der Waals surface area contributed by atoms with E-state index in [0.29, 0.717) is 23.8 Å². The van der Waals surface area contributed by atoms with Crippen LogP contribution in [0.4, 0.5) is 0 Å². The van der Waals surface area contributed by atoms with Crippen LogP contribution in [0.2, 0.25) is 0 Å². The third-order valence-corrected chi connectivity index (χ3v) is 4.43. The first-order valence-electron chi connectivity index (χ1n) is 7.33. The Kier molecular flexibility index (Phi) is 2.55. The number of amides is 1. The van der Waals surface area contributed by atoms with E-state index in [2.05, 4.69) is 10.4 Å². The van der Waals surface area contributed by atoms with Crippen molar-refractivity contribution in [2.75, 3.05) is 0 Å². The molecule has 0 spiro atoms. The van der Waals surface area contributed by atoms with Crippen LogP contribution in [0.5, 0.6) is 0 Å². The van der Waals surface area contributed by atoms with Gasteiger partial charge < -0.3 is 5.32 Å². The van der Waals surface area contributed by atoms with E-state index in [1.807, 2.05) is 12.2 Å². The van der Waals surface area contributed by atoms with Crippen LogP contribution in [0, 0.1) is 5.92 Å². The van der Waals surface area contributed by atoms with Crippen LogP contribution in [0.25, 0.3) is 0 Å². The van der Waals surface area contributed by atoms with Crippen LogP contribution in [-0.4, -0.2) is 35.0 Å². The molecule has 2 aliphatic carbocycles. The van der Waals surface area contributed by atoms with Crippen LogP contribution in [-0.2, 0) is 9.59 Å². The second kappa shape index (κ2) is 4.30. The van der Waals surface area contributed by atoms with Crippen LogP contribution in [0.15, 0.2) is 28.5 Å². The van der Waals surface area contributed by atoms with Crippen molar-refractivity contribution in [2.24, 2.45) is 11.0 Å². The fourth-order valence-electron chi connectivity index (χ4n) is 3.19. The molecular formula is C15H17N3O2. The number of carbonyl (C=O) groups is 2. The number of carbonyl (C=O) groups excluding carboxylic acids is 2. The molecule has 4 rings (SSSR count). The van der Waals surface area contributed by atoms with Gasteiger partial charge >= 0.3 is 0 Å². The Hall–Kier alpha value is -1.91. The molecule has 5 heteroatoms. The van der Waals surface area contributed by atoms with Gasteiger partial charge in [-0.15, -0.1) is 0 Å². The molecule has 0 saturated heterocycles. The Morgan fingerprint density at radius 3 is 2.90 bits per heavy atom. The Morgan fingerprint density at radius 2 is 2.15 bits per heavy atom. The van der Waals surface area contributed by atoms with Gasteiger partial charge in [0.05, 0.1) is 23.7 Å². The summed E-state index contributed by atoms with van der Waals surface area (Å²) in [6, 6.07) is 0.524. The van der Waals surface area contributed by atoms with Crippen molar-refractivity contribution in [2.45, 2.75) is 44.2 Å². The zero-order valence-electron chi connectivity index (χ0n) is 11.2. The minimum Gasteiger partial charge on any atom is -0.381 e. The molecule has 0 aromatic carbocycles. The highest BCUT2D eigenvalue weighted by molar-refractivity contribution is 6.15. The highest BCUT2D eigenvalue weighted by Crippen LogP contribution is 2.32. The summed E-state index contributed by atoms with van der Waals surface area (Å²) in [7, 11) is 0. The monoisotopic (exact) mass is 271 g/mol. The van der Waals surface area contributed by atoms with E-state index < -0.39 is 0 Å². The first-order chi connectivity index (χ1) is 9.72. The second-order valence-corrected chi connectivity index (χ2v) is 5.98. The van der Waals surface area contributed by atoms with E-state index >= 15 is 0 Å². The average molecular weight is 271 g/mol. The molecule has 20 heavy (non-hydrogen) atoms. The number of nitrogens with one attached hydrogen (secondary N) is 1. The standard InChI is InChI=1S/C15H17N3O2/c19-14-3-1-2-13-12(14)7-10(17-13)6-9-8-16-18(15(9)20)11-4-5-11/h6-8,11-13,17H,1-5H2/b9-6+. The average Bonchev–Trinajstić information content (AvgIpc) is 3.08.